The molecule has 8 nitrogen and oxygen atoms in total. The van der Waals surface area contributed by atoms with Crippen molar-refractivity contribution in [3.63, 3.8) is 0 Å². The van der Waals surface area contributed by atoms with Gasteiger partial charge in [-0.3, -0.25) is 20.4 Å². The Morgan fingerprint density at radius 2 is 1.69 bits per heavy atom. The van der Waals surface area contributed by atoms with Gasteiger partial charge in [-0.25, -0.2) is 0 Å². The zero-order valence-electron chi connectivity index (χ0n) is 16.8. The molecule has 8 heteroatoms. The van der Waals surface area contributed by atoms with Crippen LogP contribution in [0.25, 0.3) is 0 Å². The molecule has 1 aliphatic heterocycles. The van der Waals surface area contributed by atoms with Crippen molar-refractivity contribution in [1.82, 2.24) is 10.9 Å². The third-order valence-corrected chi connectivity index (χ3v) is 4.78. The van der Waals surface area contributed by atoms with Gasteiger partial charge in [0, 0.05) is 17.8 Å². The van der Waals surface area contributed by atoms with Crippen LogP contribution in [0, 0.1) is 0 Å². The Morgan fingerprint density at radius 1 is 1.00 bits per heavy atom. The number of fused-ring (bicyclic) bond motifs is 1. The van der Waals surface area contributed by atoms with E-state index in [0.29, 0.717) is 17.2 Å². The summed E-state index contributed by atoms with van der Waals surface area (Å²) in [6.45, 7) is 0.956. The topological polar surface area (TPSA) is 89.1 Å². The number of nitrogens with zero attached hydrogens (tertiary/aromatic N) is 1. The largest absolute Gasteiger partial charge is 0.493 e. The minimum absolute atomic E-state index is 0.159. The zero-order chi connectivity index (χ0) is 20.8. The Bertz CT molecular complexity index is 875. The van der Waals surface area contributed by atoms with E-state index in [0.717, 1.165) is 25.1 Å². The molecule has 2 aromatic carbocycles. The van der Waals surface area contributed by atoms with Crippen molar-refractivity contribution in [2.75, 3.05) is 39.3 Å². The Labute approximate surface area is 169 Å². The van der Waals surface area contributed by atoms with Gasteiger partial charge in [-0.05, 0) is 36.6 Å². The highest BCUT2D eigenvalue weighted by Gasteiger charge is 2.20. The van der Waals surface area contributed by atoms with Crippen LogP contribution in [0.15, 0.2) is 36.4 Å². The molecule has 1 aliphatic rings. The van der Waals surface area contributed by atoms with Gasteiger partial charge in [-0.2, -0.15) is 0 Å². The maximum Gasteiger partial charge on any atom is 0.269 e. The molecule has 2 N–H and O–H groups in total. The molecular weight excluding hydrogens is 374 g/mol. The number of methoxy groups -OCH3 is 3. The van der Waals surface area contributed by atoms with E-state index >= 15 is 0 Å². The molecule has 1 heterocycles. The summed E-state index contributed by atoms with van der Waals surface area (Å²) in [7, 11) is 4.42. The fourth-order valence-corrected chi connectivity index (χ4v) is 3.40. The second-order valence-electron chi connectivity index (χ2n) is 6.57. The lowest BCUT2D eigenvalue weighted by Crippen LogP contribution is -2.47. The average Bonchev–Trinajstić information content (AvgIpc) is 2.76. The number of benzene rings is 2. The first-order valence-corrected chi connectivity index (χ1v) is 9.29. The predicted octanol–water partition coefficient (Wildman–Crippen LogP) is 1.93. The summed E-state index contributed by atoms with van der Waals surface area (Å²) < 4.78 is 15.7. The number of carbonyl (C=O) groups is 2. The molecule has 2 amide bonds. The number of carbonyl (C=O) groups excluding carboxylic acids is 2. The summed E-state index contributed by atoms with van der Waals surface area (Å²) in [5.41, 5.74) is 7.46. The standard InChI is InChI=1S/C21H25N3O5/c1-27-17-11-15(12-18(28-2)20(17)29-3)21(26)23-22-19(25)13-24-10-6-8-14-7-4-5-9-16(14)24/h4-5,7,9,11-12H,6,8,10,13H2,1-3H3,(H,22,25)(H,23,26). The van der Waals surface area contributed by atoms with Crippen LogP contribution in [0.4, 0.5) is 5.69 Å². The number of hydrogen-bond acceptors (Lipinski definition) is 6. The van der Waals surface area contributed by atoms with E-state index in [1.165, 1.54) is 39.0 Å². The molecule has 0 atom stereocenters. The third kappa shape index (κ3) is 4.53. The predicted molar refractivity (Wildman–Crippen MR) is 109 cm³/mol. The van der Waals surface area contributed by atoms with Crippen molar-refractivity contribution in [1.29, 1.82) is 0 Å². The number of rotatable bonds is 6. The van der Waals surface area contributed by atoms with Gasteiger partial charge in [0.2, 0.25) is 5.75 Å². The molecule has 0 saturated carbocycles. The molecule has 29 heavy (non-hydrogen) atoms. The van der Waals surface area contributed by atoms with E-state index in [2.05, 4.69) is 16.9 Å². The van der Waals surface area contributed by atoms with E-state index in [9.17, 15) is 9.59 Å². The lowest BCUT2D eigenvalue weighted by atomic mass is 10.0. The Balaban J connectivity index is 1.63. The van der Waals surface area contributed by atoms with Crippen LogP contribution < -0.4 is 30.0 Å². The Morgan fingerprint density at radius 3 is 2.34 bits per heavy atom. The molecule has 0 aliphatic carbocycles. The van der Waals surface area contributed by atoms with Gasteiger partial charge < -0.3 is 19.1 Å². The molecule has 0 fully saturated rings. The monoisotopic (exact) mass is 399 g/mol. The van der Waals surface area contributed by atoms with Crippen molar-refractivity contribution in [2.24, 2.45) is 0 Å². The summed E-state index contributed by atoms with van der Waals surface area (Å²) in [5.74, 6) is 0.306. The molecule has 0 radical (unpaired) electrons. The van der Waals surface area contributed by atoms with Crippen molar-refractivity contribution >= 4 is 17.5 Å². The van der Waals surface area contributed by atoms with Gasteiger partial charge in [0.05, 0.1) is 27.9 Å². The van der Waals surface area contributed by atoms with E-state index in [1.54, 1.807) is 0 Å². The van der Waals surface area contributed by atoms with Crippen LogP contribution in [-0.2, 0) is 11.2 Å². The average molecular weight is 399 g/mol. The van der Waals surface area contributed by atoms with Crippen LogP contribution in [0.3, 0.4) is 0 Å². The highest BCUT2D eigenvalue weighted by Crippen LogP contribution is 2.38. The van der Waals surface area contributed by atoms with E-state index in [-0.39, 0.29) is 18.0 Å². The molecule has 0 aromatic heterocycles. The maximum absolute atomic E-state index is 12.5. The van der Waals surface area contributed by atoms with Crippen molar-refractivity contribution < 1.29 is 23.8 Å². The SMILES string of the molecule is COc1cc(C(=O)NNC(=O)CN2CCCc3ccccc32)cc(OC)c1OC. The second-order valence-corrected chi connectivity index (χ2v) is 6.57. The maximum atomic E-state index is 12.5. The molecule has 3 rings (SSSR count). The molecule has 0 bridgehead atoms. The molecule has 2 aromatic rings. The fourth-order valence-electron chi connectivity index (χ4n) is 3.40. The Hall–Kier alpha value is -3.42. The molecule has 0 unspecified atom stereocenters. The molecule has 154 valence electrons. The number of hydrazine groups is 1. The first kappa shape index (κ1) is 20.3. The Kier molecular flexibility index (Phi) is 6.43. The highest BCUT2D eigenvalue weighted by molar-refractivity contribution is 5.97. The number of amides is 2. The van der Waals surface area contributed by atoms with Gasteiger partial charge in [0.15, 0.2) is 11.5 Å². The van der Waals surface area contributed by atoms with E-state index < -0.39 is 5.91 Å². The summed E-state index contributed by atoms with van der Waals surface area (Å²) in [4.78, 5) is 26.9. The van der Waals surface area contributed by atoms with Crippen LogP contribution >= 0.6 is 0 Å². The number of aryl methyl sites for hydroxylation is 1. The van der Waals surface area contributed by atoms with Crippen LogP contribution in [-0.4, -0.2) is 46.2 Å². The highest BCUT2D eigenvalue weighted by atomic mass is 16.5. The van der Waals surface area contributed by atoms with Crippen LogP contribution in [0.5, 0.6) is 17.2 Å². The lowest BCUT2D eigenvalue weighted by Gasteiger charge is -2.30. The lowest BCUT2D eigenvalue weighted by molar-refractivity contribution is -0.120. The first-order valence-electron chi connectivity index (χ1n) is 9.29. The third-order valence-electron chi connectivity index (χ3n) is 4.78. The molecule has 0 saturated heterocycles. The van der Waals surface area contributed by atoms with E-state index in [4.69, 9.17) is 14.2 Å². The summed E-state index contributed by atoms with van der Waals surface area (Å²) in [6, 6.07) is 11.1. The summed E-state index contributed by atoms with van der Waals surface area (Å²) >= 11 is 0. The van der Waals surface area contributed by atoms with Crippen molar-refractivity contribution in [3.05, 3.63) is 47.5 Å². The van der Waals surface area contributed by atoms with Gasteiger partial charge in [-0.1, -0.05) is 18.2 Å². The zero-order valence-corrected chi connectivity index (χ0v) is 16.8. The summed E-state index contributed by atoms with van der Waals surface area (Å²) in [6.07, 6.45) is 1.99. The number of hydrogen-bond donors (Lipinski definition) is 2. The first-order chi connectivity index (χ1) is 14.1. The van der Waals surface area contributed by atoms with E-state index in [1.807, 2.05) is 23.1 Å². The minimum Gasteiger partial charge on any atom is -0.493 e. The van der Waals surface area contributed by atoms with Crippen LogP contribution in [0.2, 0.25) is 0 Å². The van der Waals surface area contributed by atoms with Crippen molar-refractivity contribution in [2.45, 2.75) is 12.8 Å². The number of anilines is 1. The van der Waals surface area contributed by atoms with Gasteiger partial charge in [-0.15, -0.1) is 0 Å². The normalized spacial score (nSPS) is 12.6. The number of ether oxygens (including phenoxy) is 3. The van der Waals surface area contributed by atoms with Gasteiger partial charge >= 0.3 is 0 Å². The fraction of sp³-hybridized carbons (Fsp3) is 0.333. The van der Waals surface area contributed by atoms with Gasteiger partial charge in [0.25, 0.3) is 11.8 Å². The van der Waals surface area contributed by atoms with Crippen LogP contribution in [0.1, 0.15) is 22.3 Å². The van der Waals surface area contributed by atoms with Gasteiger partial charge in [0.1, 0.15) is 0 Å². The second kappa shape index (κ2) is 9.18. The number of para-hydroxylation sites is 1. The van der Waals surface area contributed by atoms with Crippen molar-refractivity contribution in [3.8, 4) is 17.2 Å². The minimum atomic E-state index is -0.489. The smallest absolute Gasteiger partial charge is 0.269 e. The molecular formula is C21H25N3O5. The molecule has 0 spiro atoms. The quantitative estimate of drug-likeness (QED) is 0.722. The summed E-state index contributed by atoms with van der Waals surface area (Å²) in [5, 5.41) is 0. The number of nitrogens with one attached hydrogen (secondary N) is 2.